The Labute approximate surface area is 160 Å². The van der Waals surface area contributed by atoms with Gasteiger partial charge < -0.3 is 9.88 Å². The summed E-state index contributed by atoms with van der Waals surface area (Å²) in [5.41, 5.74) is 6.17. The number of hydrogen-bond acceptors (Lipinski definition) is 5. The highest BCUT2D eigenvalue weighted by atomic mass is 19.1. The number of amides is 1. The van der Waals surface area contributed by atoms with E-state index in [2.05, 4.69) is 20.8 Å². The third-order valence-electron chi connectivity index (χ3n) is 5.63. The zero-order valence-electron chi connectivity index (χ0n) is 15.2. The van der Waals surface area contributed by atoms with Gasteiger partial charge in [0, 0.05) is 37.7 Å². The molecule has 28 heavy (non-hydrogen) atoms. The Balaban J connectivity index is 1.43. The minimum atomic E-state index is -0.690. The highest BCUT2D eigenvalue weighted by Gasteiger charge is 2.37. The summed E-state index contributed by atoms with van der Waals surface area (Å²) in [6, 6.07) is 7.95. The van der Waals surface area contributed by atoms with Gasteiger partial charge in [-0.15, -0.1) is 0 Å². The van der Waals surface area contributed by atoms with Crippen LogP contribution in [-0.2, 0) is 0 Å². The van der Waals surface area contributed by atoms with Crippen molar-refractivity contribution in [2.24, 2.45) is 5.92 Å². The summed E-state index contributed by atoms with van der Waals surface area (Å²) in [6.45, 7) is 1.79. The largest absolute Gasteiger partial charge is 0.337 e. The van der Waals surface area contributed by atoms with Crippen LogP contribution in [0.5, 0.6) is 0 Å². The summed E-state index contributed by atoms with van der Waals surface area (Å²) >= 11 is 0. The molecule has 9 heteroatoms. The molecule has 8 nitrogen and oxygen atoms in total. The molecule has 1 amide bonds. The molecule has 0 bridgehead atoms. The summed E-state index contributed by atoms with van der Waals surface area (Å²) in [5.74, 6) is -0.103. The van der Waals surface area contributed by atoms with Gasteiger partial charge in [0.05, 0.1) is 0 Å². The van der Waals surface area contributed by atoms with E-state index >= 15 is 0 Å². The van der Waals surface area contributed by atoms with Gasteiger partial charge in [-0.25, -0.2) is 9.18 Å². The second-order valence-corrected chi connectivity index (χ2v) is 7.34. The van der Waals surface area contributed by atoms with Gasteiger partial charge in [-0.2, -0.15) is 0 Å². The monoisotopic (exact) mass is 387 g/mol. The number of likely N-dealkylation sites (tertiary alicyclic amines) is 1. The van der Waals surface area contributed by atoms with Crippen molar-refractivity contribution in [1.29, 1.82) is 0 Å². The fraction of sp³-hybridized carbons (Fsp3) is 0.421. The number of piperidine rings is 1. The second-order valence-electron chi connectivity index (χ2n) is 7.34. The first-order chi connectivity index (χ1) is 13.5. The third kappa shape index (κ3) is 3.76. The molecule has 2 aliphatic rings. The summed E-state index contributed by atoms with van der Waals surface area (Å²) in [5, 5.41) is 0. The standard InChI is InChI=1S/C19H22FN5O3/c20-13-3-1-2-12(8-13)14-10-21-24-17(14)11-4-6-25(7-5-11)18(27)15-9-16(26)23-19(28)22-15/h1-3,8-9,11,14,17,21,24H,4-7,10H2,(H2,22,23,26,28). The van der Waals surface area contributed by atoms with E-state index in [0.717, 1.165) is 31.0 Å². The molecule has 2 aromatic rings. The van der Waals surface area contributed by atoms with E-state index < -0.39 is 11.2 Å². The number of rotatable bonds is 3. The number of hydrogen-bond donors (Lipinski definition) is 4. The predicted molar refractivity (Wildman–Crippen MR) is 100 cm³/mol. The first-order valence-electron chi connectivity index (χ1n) is 9.38. The van der Waals surface area contributed by atoms with Crippen molar-refractivity contribution in [3.8, 4) is 0 Å². The zero-order valence-corrected chi connectivity index (χ0v) is 15.2. The number of nitrogens with zero attached hydrogens (tertiary/aromatic N) is 1. The normalized spacial score (nSPS) is 23.1. The average Bonchev–Trinajstić information content (AvgIpc) is 3.17. The van der Waals surface area contributed by atoms with E-state index in [1.165, 1.54) is 6.07 Å². The minimum Gasteiger partial charge on any atom is -0.337 e. The number of hydrazine groups is 1. The summed E-state index contributed by atoms with van der Waals surface area (Å²) in [7, 11) is 0. The Morgan fingerprint density at radius 3 is 2.61 bits per heavy atom. The molecular weight excluding hydrogens is 365 g/mol. The number of halogens is 1. The lowest BCUT2D eigenvalue weighted by Crippen LogP contribution is -2.46. The molecule has 2 saturated heterocycles. The molecule has 3 heterocycles. The summed E-state index contributed by atoms with van der Waals surface area (Å²) in [4.78, 5) is 41.5. The van der Waals surface area contributed by atoms with Crippen LogP contribution in [0.25, 0.3) is 0 Å². The van der Waals surface area contributed by atoms with Crippen LogP contribution in [0.15, 0.2) is 39.9 Å². The molecule has 2 unspecified atom stereocenters. The zero-order chi connectivity index (χ0) is 19.7. The predicted octanol–water partition coefficient (Wildman–Crippen LogP) is 0.315. The SMILES string of the molecule is O=C(c1cc(=O)[nH]c(=O)[nH]1)N1CCC(C2NNCC2c2cccc(F)c2)CC1. The maximum absolute atomic E-state index is 13.6. The van der Waals surface area contributed by atoms with Gasteiger partial charge in [0.15, 0.2) is 0 Å². The second kappa shape index (κ2) is 7.69. The molecule has 0 spiro atoms. The van der Waals surface area contributed by atoms with Gasteiger partial charge in [0.1, 0.15) is 11.5 Å². The smallest absolute Gasteiger partial charge is 0.326 e. The number of carbonyl (C=O) groups excluding carboxylic acids is 1. The molecule has 1 aromatic heterocycles. The number of benzene rings is 1. The van der Waals surface area contributed by atoms with Crippen LogP contribution < -0.4 is 22.1 Å². The van der Waals surface area contributed by atoms with Crippen LogP contribution in [0.3, 0.4) is 0 Å². The van der Waals surface area contributed by atoms with E-state index in [9.17, 15) is 18.8 Å². The van der Waals surface area contributed by atoms with Crippen LogP contribution in [0, 0.1) is 11.7 Å². The number of H-pyrrole nitrogens is 2. The third-order valence-corrected chi connectivity index (χ3v) is 5.63. The van der Waals surface area contributed by atoms with Gasteiger partial charge in [-0.3, -0.25) is 25.4 Å². The fourth-order valence-corrected chi connectivity index (χ4v) is 4.24. The van der Waals surface area contributed by atoms with Crippen molar-refractivity contribution >= 4 is 5.91 Å². The Bertz CT molecular complexity index is 952. The van der Waals surface area contributed by atoms with E-state index in [0.29, 0.717) is 19.0 Å². The average molecular weight is 387 g/mol. The molecule has 148 valence electrons. The van der Waals surface area contributed by atoms with E-state index in [-0.39, 0.29) is 29.4 Å². The van der Waals surface area contributed by atoms with Crippen molar-refractivity contribution < 1.29 is 9.18 Å². The van der Waals surface area contributed by atoms with Gasteiger partial charge in [-0.1, -0.05) is 12.1 Å². The first kappa shape index (κ1) is 18.6. The van der Waals surface area contributed by atoms with Crippen LogP contribution >= 0.6 is 0 Å². The lowest BCUT2D eigenvalue weighted by atomic mass is 9.80. The van der Waals surface area contributed by atoms with Crippen molar-refractivity contribution in [1.82, 2.24) is 25.7 Å². The maximum Gasteiger partial charge on any atom is 0.326 e. The van der Waals surface area contributed by atoms with Gasteiger partial charge in [0.2, 0.25) is 0 Å². The Kier molecular flexibility index (Phi) is 5.10. The van der Waals surface area contributed by atoms with Crippen molar-refractivity contribution in [3.05, 3.63) is 68.2 Å². The summed E-state index contributed by atoms with van der Waals surface area (Å²) < 4.78 is 13.6. The quantitative estimate of drug-likeness (QED) is 0.606. The first-order valence-corrected chi connectivity index (χ1v) is 9.38. The molecule has 2 aliphatic heterocycles. The number of aromatic amines is 2. The molecule has 2 fully saturated rings. The lowest BCUT2D eigenvalue weighted by molar-refractivity contribution is 0.0663. The van der Waals surface area contributed by atoms with Crippen LogP contribution in [0.1, 0.15) is 34.8 Å². The molecule has 4 rings (SSSR count). The molecule has 0 aliphatic carbocycles. The number of nitrogens with one attached hydrogen (secondary N) is 4. The van der Waals surface area contributed by atoms with Gasteiger partial charge in [-0.05, 0) is 36.5 Å². The van der Waals surface area contributed by atoms with Gasteiger partial charge in [0.25, 0.3) is 11.5 Å². The molecule has 2 atom stereocenters. The highest BCUT2D eigenvalue weighted by molar-refractivity contribution is 5.92. The topological polar surface area (TPSA) is 110 Å². The molecule has 1 aromatic carbocycles. The van der Waals surface area contributed by atoms with E-state index in [1.54, 1.807) is 17.0 Å². The minimum absolute atomic E-state index is 0.00509. The summed E-state index contributed by atoms with van der Waals surface area (Å²) in [6.07, 6.45) is 1.56. The van der Waals surface area contributed by atoms with E-state index in [4.69, 9.17) is 0 Å². The molecular formula is C19H22FN5O3. The van der Waals surface area contributed by atoms with Crippen LogP contribution in [0.4, 0.5) is 4.39 Å². The number of aromatic nitrogens is 2. The van der Waals surface area contributed by atoms with Crippen LogP contribution in [-0.4, -0.2) is 46.5 Å². The Morgan fingerprint density at radius 2 is 1.89 bits per heavy atom. The van der Waals surface area contributed by atoms with Crippen LogP contribution in [0.2, 0.25) is 0 Å². The fourth-order valence-electron chi connectivity index (χ4n) is 4.24. The Morgan fingerprint density at radius 1 is 1.11 bits per heavy atom. The van der Waals surface area contributed by atoms with Crippen molar-refractivity contribution in [3.63, 3.8) is 0 Å². The highest BCUT2D eigenvalue weighted by Crippen LogP contribution is 2.32. The molecule has 0 radical (unpaired) electrons. The Hall–Kier alpha value is -2.78. The molecule has 4 N–H and O–H groups in total. The lowest BCUT2D eigenvalue weighted by Gasteiger charge is -2.36. The van der Waals surface area contributed by atoms with Crippen molar-refractivity contribution in [2.75, 3.05) is 19.6 Å². The van der Waals surface area contributed by atoms with E-state index in [1.807, 2.05) is 6.07 Å². The maximum atomic E-state index is 13.6. The number of carbonyl (C=O) groups is 1. The molecule has 0 saturated carbocycles. The van der Waals surface area contributed by atoms with Crippen molar-refractivity contribution in [2.45, 2.75) is 24.8 Å². The van der Waals surface area contributed by atoms with Gasteiger partial charge >= 0.3 is 5.69 Å².